The first-order valence-electron chi connectivity index (χ1n) is 13.8. The van der Waals surface area contributed by atoms with Crippen LogP contribution in [0.5, 0.6) is 0 Å². The summed E-state index contributed by atoms with van der Waals surface area (Å²) in [6, 6.07) is 12.2. The van der Waals surface area contributed by atoms with E-state index in [2.05, 4.69) is 20.3 Å². The smallest absolute Gasteiger partial charge is 0.410 e. The number of hydrogen-bond donors (Lipinski definition) is 1. The Bertz CT molecular complexity index is 1510. The molecule has 208 valence electrons. The van der Waals surface area contributed by atoms with Crippen molar-refractivity contribution in [1.29, 1.82) is 0 Å². The highest BCUT2D eigenvalue weighted by Gasteiger charge is 2.38. The van der Waals surface area contributed by atoms with Crippen LogP contribution in [0.3, 0.4) is 0 Å². The third-order valence-corrected chi connectivity index (χ3v) is 7.69. The van der Waals surface area contributed by atoms with Crippen LogP contribution >= 0.6 is 0 Å². The zero-order valence-corrected chi connectivity index (χ0v) is 23.0. The Balaban J connectivity index is 1.16. The maximum absolute atomic E-state index is 13.3. The van der Waals surface area contributed by atoms with Crippen LogP contribution in [-0.2, 0) is 4.74 Å². The van der Waals surface area contributed by atoms with E-state index < -0.39 is 0 Å². The zero-order valence-electron chi connectivity index (χ0n) is 23.0. The molecule has 2 aliphatic heterocycles. The van der Waals surface area contributed by atoms with Crippen molar-refractivity contribution in [3.8, 4) is 5.69 Å². The summed E-state index contributed by atoms with van der Waals surface area (Å²) in [5, 5.41) is 12.3. The lowest BCUT2D eigenvalue weighted by molar-refractivity contribution is 0.00333. The number of piperidine rings is 1. The minimum absolute atomic E-state index is 0.104. The number of carbonyl (C=O) groups is 2. The largest absolute Gasteiger partial charge is 0.447 e. The molecule has 0 aliphatic carbocycles. The van der Waals surface area contributed by atoms with Crippen molar-refractivity contribution in [3.63, 3.8) is 0 Å². The van der Waals surface area contributed by atoms with Gasteiger partial charge in [-0.15, -0.1) is 0 Å². The number of ether oxygens (including phenoxy) is 1. The summed E-state index contributed by atoms with van der Waals surface area (Å²) in [5.74, 6) is 0.605. The molecule has 40 heavy (non-hydrogen) atoms. The molecule has 0 bridgehead atoms. The van der Waals surface area contributed by atoms with Crippen LogP contribution in [0.25, 0.3) is 11.3 Å². The number of aromatic nitrogens is 5. The number of carbonyl (C=O) groups excluding carboxylic acids is 2. The maximum atomic E-state index is 13.3. The van der Waals surface area contributed by atoms with E-state index >= 15 is 0 Å². The van der Waals surface area contributed by atoms with E-state index in [1.807, 2.05) is 55.8 Å². The minimum Gasteiger partial charge on any atom is -0.447 e. The molecule has 5 heterocycles. The molecule has 4 aromatic rings. The Morgan fingerprint density at radius 1 is 1.10 bits per heavy atom. The summed E-state index contributed by atoms with van der Waals surface area (Å²) in [6.07, 6.45) is 6.54. The molecule has 0 saturated carbocycles. The van der Waals surface area contributed by atoms with Gasteiger partial charge in [-0.05, 0) is 64.9 Å². The van der Waals surface area contributed by atoms with Gasteiger partial charge in [0, 0.05) is 43.5 Å². The average molecular weight is 543 g/mol. The van der Waals surface area contributed by atoms with Gasteiger partial charge < -0.3 is 15.0 Å². The molecule has 0 unspecified atom stereocenters. The lowest BCUT2D eigenvalue weighted by Crippen LogP contribution is -2.62. The fourth-order valence-electron chi connectivity index (χ4n) is 5.41. The molecule has 0 spiro atoms. The van der Waals surface area contributed by atoms with E-state index in [-0.39, 0.29) is 24.0 Å². The van der Waals surface area contributed by atoms with Crippen molar-refractivity contribution in [3.05, 3.63) is 71.8 Å². The second-order valence-corrected chi connectivity index (χ2v) is 10.9. The lowest BCUT2D eigenvalue weighted by atomic mass is 9.92. The van der Waals surface area contributed by atoms with Crippen LogP contribution in [0.2, 0.25) is 0 Å². The Labute approximate surface area is 232 Å². The Hall–Kier alpha value is -4.25. The van der Waals surface area contributed by atoms with Gasteiger partial charge in [0.2, 0.25) is 0 Å². The van der Waals surface area contributed by atoms with E-state index in [4.69, 9.17) is 9.84 Å². The molecule has 0 atom stereocenters. The van der Waals surface area contributed by atoms with E-state index in [0.29, 0.717) is 36.2 Å². The molecule has 1 N–H and O–H groups in total. The van der Waals surface area contributed by atoms with Gasteiger partial charge in [0.25, 0.3) is 5.91 Å². The molecule has 3 aromatic heterocycles. The first-order valence-corrected chi connectivity index (χ1v) is 13.8. The number of likely N-dealkylation sites (tertiary alicyclic amines) is 2. The van der Waals surface area contributed by atoms with Crippen LogP contribution in [0, 0.1) is 6.92 Å². The van der Waals surface area contributed by atoms with Gasteiger partial charge in [0.05, 0.1) is 23.7 Å². The highest BCUT2D eigenvalue weighted by atomic mass is 16.6. The third kappa shape index (κ3) is 5.16. The predicted octanol–water partition coefficient (Wildman–Crippen LogP) is 3.88. The van der Waals surface area contributed by atoms with Crippen LogP contribution in [0.15, 0.2) is 55.0 Å². The van der Waals surface area contributed by atoms with Gasteiger partial charge in [0.1, 0.15) is 11.4 Å². The first kappa shape index (κ1) is 26.0. The maximum Gasteiger partial charge on any atom is 0.410 e. The fraction of sp³-hybridized carbons (Fsp3) is 0.414. The topological polar surface area (TPSA) is 110 Å². The summed E-state index contributed by atoms with van der Waals surface area (Å²) in [7, 11) is 0. The predicted molar refractivity (Wildman–Crippen MR) is 150 cm³/mol. The molecule has 2 amide bonds. The first-order chi connectivity index (χ1) is 19.4. The van der Waals surface area contributed by atoms with Crippen LogP contribution in [-0.4, -0.2) is 84.5 Å². The van der Waals surface area contributed by atoms with Gasteiger partial charge in [-0.2, -0.15) is 10.2 Å². The highest BCUT2D eigenvalue weighted by Crippen LogP contribution is 2.32. The van der Waals surface area contributed by atoms with Gasteiger partial charge in [0.15, 0.2) is 5.65 Å². The van der Waals surface area contributed by atoms with Gasteiger partial charge >= 0.3 is 6.09 Å². The molecule has 2 saturated heterocycles. The molecule has 11 heteroatoms. The summed E-state index contributed by atoms with van der Waals surface area (Å²) in [5.41, 5.74) is 3.90. The zero-order chi connectivity index (χ0) is 27.8. The molecular formula is C29H34N8O3. The number of nitrogens with one attached hydrogen (secondary N) is 1. The lowest BCUT2D eigenvalue weighted by Gasteiger charge is -2.47. The quantitative estimate of drug-likeness (QED) is 0.394. The van der Waals surface area contributed by atoms with E-state index in [1.165, 1.54) is 6.20 Å². The van der Waals surface area contributed by atoms with E-state index in [1.54, 1.807) is 27.9 Å². The highest BCUT2D eigenvalue weighted by molar-refractivity contribution is 6.07. The van der Waals surface area contributed by atoms with E-state index in [0.717, 1.165) is 42.9 Å². The Kier molecular flexibility index (Phi) is 6.97. The Morgan fingerprint density at radius 2 is 1.85 bits per heavy atom. The molecule has 6 rings (SSSR count). The van der Waals surface area contributed by atoms with Crippen molar-refractivity contribution in [2.75, 3.05) is 31.5 Å². The summed E-state index contributed by atoms with van der Waals surface area (Å²) < 4.78 is 8.70. The number of amides is 2. The van der Waals surface area contributed by atoms with Crippen LogP contribution in [0.1, 0.15) is 54.2 Å². The van der Waals surface area contributed by atoms with Crippen molar-refractivity contribution in [2.45, 2.75) is 51.7 Å². The number of hydrogen-bond acceptors (Lipinski definition) is 7. The summed E-state index contributed by atoms with van der Waals surface area (Å²) >= 11 is 0. The molecule has 2 aliphatic rings. The number of anilines is 1. The van der Waals surface area contributed by atoms with Crippen molar-refractivity contribution >= 4 is 23.5 Å². The number of nitrogens with zero attached hydrogens (tertiary/aromatic N) is 7. The van der Waals surface area contributed by atoms with Crippen molar-refractivity contribution < 1.29 is 14.3 Å². The molecule has 0 radical (unpaired) electrons. The fourth-order valence-corrected chi connectivity index (χ4v) is 5.41. The average Bonchev–Trinajstić information content (AvgIpc) is 3.53. The van der Waals surface area contributed by atoms with Gasteiger partial charge in [-0.25, -0.2) is 19.0 Å². The van der Waals surface area contributed by atoms with Crippen molar-refractivity contribution in [2.24, 2.45) is 0 Å². The molecular weight excluding hydrogens is 508 g/mol. The molecule has 1 aromatic carbocycles. The normalized spacial score (nSPS) is 16.9. The number of aryl methyl sites for hydroxylation is 1. The van der Waals surface area contributed by atoms with E-state index in [9.17, 15) is 9.59 Å². The Morgan fingerprint density at radius 3 is 2.58 bits per heavy atom. The summed E-state index contributed by atoms with van der Waals surface area (Å²) in [6.45, 7) is 9.09. The van der Waals surface area contributed by atoms with Crippen molar-refractivity contribution in [1.82, 2.24) is 34.2 Å². The number of benzene rings is 1. The minimum atomic E-state index is -0.283. The number of fused-ring (bicyclic) bond motifs is 1. The summed E-state index contributed by atoms with van der Waals surface area (Å²) in [4.78, 5) is 34.0. The second-order valence-electron chi connectivity index (χ2n) is 10.9. The number of rotatable bonds is 6. The van der Waals surface area contributed by atoms with Gasteiger partial charge in [-0.3, -0.25) is 9.69 Å². The molecule has 11 nitrogen and oxygen atoms in total. The monoisotopic (exact) mass is 542 g/mol. The van der Waals surface area contributed by atoms with Gasteiger partial charge in [-0.1, -0.05) is 17.7 Å². The third-order valence-electron chi connectivity index (χ3n) is 7.69. The second kappa shape index (κ2) is 10.7. The van der Waals surface area contributed by atoms with Crippen LogP contribution in [0.4, 0.5) is 10.6 Å². The van der Waals surface area contributed by atoms with Crippen LogP contribution < -0.4 is 5.32 Å². The SMILES string of the molecule is Cc1ccc(-n2nc(C3CCN(C4CN(C(=O)OC(C)C)C4)CC3)cc2NC(=O)c2cnn3cccnc23)cc1. The molecule has 2 fully saturated rings. The standard InChI is InChI=1S/C29H34N8O3/c1-19(2)40-29(39)35-17-23(18-35)34-13-9-21(10-14-34)25-15-26(37(33-25)22-7-5-20(3)6-8-22)32-28(38)24-16-31-36-12-4-11-30-27(24)36/h4-8,11-12,15-16,19,21,23H,9-10,13-14,17-18H2,1-3H3,(H,32,38).